The zero-order chi connectivity index (χ0) is 12.5. The fourth-order valence-corrected chi connectivity index (χ4v) is 2.27. The molecule has 0 aromatic heterocycles. The number of rotatable bonds is 8. The SMILES string of the molecule is CCCN(CC)CCNCc1ccccc1Br. The van der Waals surface area contributed by atoms with E-state index in [4.69, 9.17) is 0 Å². The van der Waals surface area contributed by atoms with Crippen LogP contribution in [0.1, 0.15) is 25.8 Å². The van der Waals surface area contributed by atoms with Crippen molar-refractivity contribution in [2.45, 2.75) is 26.8 Å². The molecule has 17 heavy (non-hydrogen) atoms. The Morgan fingerprint density at radius 3 is 2.59 bits per heavy atom. The summed E-state index contributed by atoms with van der Waals surface area (Å²) in [5.41, 5.74) is 1.33. The van der Waals surface area contributed by atoms with Gasteiger partial charge in [-0.15, -0.1) is 0 Å². The monoisotopic (exact) mass is 298 g/mol. The Hall–Kier alpha value is -0.380. The third-order valence-electron chi connectivity index (χ3n) is 2.87. The molecule has 1 N–H and O–H groups in total. The summed E-state index contributed by atoms with van der Waals surface area (Å²) in [6.07, 6.45) is 1.23. The molecule has 96 valence electrons. The Kier molecular flexibility index (Phi) is 7.49. The first-order valence-electron chi connectivity index (χ1n) is 6.44. The van der Waals surface area contributed by atoms with Gasteiger partial charge in [0.2, 0.25) is 0 Å². The average Bonchev–Trinajstić information content (AvgIpc) is 2.35. The summed E-state index contributed by atoms with van der Waals surface area (Å²) < 4.78 is 1.19. The minimum absolute atomic E-state index is 0.936. The second-order valence-electron chi connectivity index (χ2n) is 4.20. The van der Waals surface area contributed by atoms with Crippen molar-refractivity contribution in [2.24, 2.45) is 0 Å². The summed E-state index contributed by atoms with van der Waals surface area (Å²) in [4.78, 5) is 2.48. The van der Waals surface area contributed by atoms with E-state index < -0.39 is 0 Å². The first-order chi connectivity index (χ1) is 8.27. The van der Waals surface area contributed by atoms with Crippen LogP contribution in [-0.2, 0) is 6.54 Å². The molecule has 1 rings (SSSR count). The quantitative estimate of drug-likeness (QED) is 0.741. The maximum atomic E-state index is 3.57. The van der Waals surface area contributed by atoms with Gasteiger partial charge >= 0.3 is 0 Å². The van der Waals surface area contributed by atoms with Gasteiger partial charge < -0.3 is 10.2 Å². The number of benzene rings is 1. The van der Waals surface area contributed by atoms with Crippen LogP contribution in [0.3, 0.4) is 0 Å². The van der Waals surface area contributed by atoms with Crippen LogP contribution in [0.15, 0.2) is 28.7 Å². The smallest absolute Gasteiger partial charge is 0.0220 e. The van der Waals surface area contributed by atoms with Crippen LogP contribution in [0.4, 0.5) is 0 Å². The molecule has 1 aromatic carbocycles. The van der Waals surface area contributed by atoms with Gasteiger partial charge in [-0.2, -0.15) is 0 Å². The molecule has 0 fully saturated rings. The zero-order valence-electron chi connectivity index (χ0n) is 10.9. The minimum Gasteiger partial charge on any atom is -0.311 e. The second-order valence-corrected chi connectivity index (χ2v) is 5.06. The number of hydrogen-bond acceptors (Lipinski definition) is 2. The van der Waals surface area contributed by atoms with Crippen molar-refractivity contribution < 1.29 is 0 Å². The van der Waals surface area contributed by atoms with Gasteiger partial charge in [0.1, 0.15) is 0 Å². The normalized spacial score (nSPS) is 11.1. The lowest BCUT2D eigenvalue weighted by molar-refractivity contribution is 0.287. The van der Waals surface area contributed by atoms with Gasteiger partial charge in [0.05, 0.1) is 0 Å². The number of nitrogens with zero attached hydrogens (tertiary/aromatic N) is 1. The van der Waals surface area contributed by atoms with Crippen molar-refractivity contribution in [3.63, 3.8) is 0 Å². The van der Waals surface area contributed by atoms with Gasteiger partial charge in [0.25, 0.3) is 0 Å². The van der Waals surface area contributed by atoms with E-state index in [2.05, 4.69) is 58.2 Å². The van der Waals surface area contributed by atoms with Crippen molar-refractivity contribution >= 4 is 15.9 Å². The molecule has 0 saturated carbocycles. The third-order valence-corrected chi connectivity index (χ3v) is 3.64. The number of hydrogen-bond donors (Lipinski definition) is 1. The van der Waals surface area contributed by atoms with E-state index in [9.17, 15) is 0 Å². The van der Waals surface area contributed by atoms with Crippen molar-refractivity contribution in [3.05, 3.63) is 34.3 Å². The molecule has 0 heterocycles. The molecule has 0 atom stereocenters. The zero-order valence-corrected chi connectivity index (χ0v) is 12.5. The van der Waals surface area contributed by atoms with E-state index in [-0.39, 0.29) is 0 Å². The summed E-state index contributed by atoms with van der Waals surface area (Å²) in [6, 6.07) is 8.37. The second kappa shape index (κ2) is 8.67. The standard InChI is InChI=1S/C14H23BrN2/c1-3-10-17(4-2)11-9-16-12-13-7-5-6-8-14(13)15/h5-8,16H,3-4,9-12H2,1-2H3. The van der Waals surface area contributed by atoms with Crippen LogP contribution < -0.4 is 5.32 Å². The van der Waals surface area contributed by atoms with Gasteiger partial charge in [-0.1, -0.05) is 48.0 Å². The lowest BCUT2D eigenvalue weighted by Gasteiger charge is -2.19. The van der Waals surface area contributed by atoms with Crippen molar-refractivity contribution in [1.29, 1.82) is 0 Å². The molecule has 0 amide bonds. The van der Waals surface area contributed by atoms with E-state index >= 15 is 0 Å². The molecule has 0 bridgehead atoms. The Morgan fingerprint density at radius 1 is 1.18 bits per heavy atom. The lowest BCUT2D eigenvalue weighted by atomic mass is 10.2. The lowest BCUT2D eigenvalue weighted by Crippen LogP contribution is -2.32. The highest BCUT2D eigenvalue weighted by Crippen LogP contribution is 2.15. The van der Waals surface area contributed by atoms with Crippen LogP contribution in [0.2, 0.25) is 0 Å². The van der Waals surface area contributed by atoms with E-state index in [1.165, 1.54) is 23.0 Å². The molecule has 0 saturated heterocycles. The molecular weight excluding hydrogens is 276 g/mol. The number of nitrogens with one attached hydrogen (secondary N) is 1. The summed E-state index contributed by atoms with van der Waals surface area (Å²) in [5.74, 6) is 0. The van der Waals surface area contributed by atoms with Gasteiger partial charge in [-0.25, -0.2) is 0 Å². The van der Waals surface area contributed by atoms with Gasteiger partial charge in [0, 0.05) is 24.1 Å². The molecule has 0 aliphatic rings. The van der Waals surface area contributed by atoms with E-state index in [0.717, 1.165) is 26.2 Å². The molecule has 0 radical (unpaired) electrons. The predicted octanol–water partition coefficient (Wildman–Crippen LogP) is 3.27. The fourth-order valence-electron chi connectivity index (χ4n) is 1.85. The molecule has 0 aliphatic heterocycles. The molecule has 2 nitrogen and oxygen atoms in total. The molecular formula is C14H23BrN2. The minimum atomic E-state index is 0.936. The molecule has 0 aliphatic carbocycles. The van der Waals surface area contributed by atoms with Crippen molar-refractivity contribution in [2.75, 3.05) is 26.2 Å². The van der Waals surface area contributed by atoms with E-state index in [0.29, 0.717) is 0 Å². The highest BCUT2D eigenvalue weighted by Gasteiger charge is 2.01. The first kappa shape index (κ1) is 14.7. The molecule has 3 heteroatoms. The first-order valence-corrected chi connectivity index (χ1v) is 7.23. The summed E-state index contributed by atoms with van der Waals surface area (Å²) >= 11 is 3.57. The Labute approximate surface area is 114 Å². The number of halogens is 1. The maximum absolute atomic E-state index is 3.57. The molecule has 1 aromatic rings. The predicted molar refractivity (Wildman–Crippen MR) is 78.3 cm³/mol. The van der Waals surface area contributed by atoms with Gasteiger partial charge in [-0.3, -0.25) is 0 Å². The van der Waals surface area contributed by atoms with Crippen LogP contribution in [0.5, 0.6) is 0 Å². The van der Waals surface area contributed by atoms with Crippen LogP contribution in [0.25, 0.3) is 0 Å². The Balaban J connectivity index is 2.22. The maximum Gasteiger partial charge on any atom is 0.0220 e. The van der Waals surface area contributed by atoms with Gasteiger partial charge in [-0.05, 0) is 31.1 Å². The van der Waals surface area contributed by atoms with Crippen LogP contribution >= 0.6 is 15.9 Å². The average molecular weight is 299 g/mol. The van der Waals surface area contributed by atoms with E-state index in [1.54, 1.807) is 0 Å². The molecule has 0 unspecified atom stereocenters. The number of likely N-dealkylation sites (N-methyl/N-ethyl adjacent to an activating group) is 1. The largest absolute Gasteiger partial charge is 0.311 e. The molecule has 0 spiro atoms. The highest BCUT2D eigenvalue weighted by molar-refractivity contribution is 9.10. The fraction of sp³-hybridized carbons (Fsp3) is 0.571. The highest BCUT2D eigenvalue weighted by atomic mass is 79.9. The van der Waals surface area contributed by atoms with Gasteiger partial charge in [0.15, 0.2) is 0 Å². The van der Waals surface area contributed by atoms with E-state index in [1.807, 2.05) is 6.07 Å². The topological polar surface area (TPSA) is 15.3 Å². The summed E-state index contributed by atoms with van der Waals surface area (Å²) in [7, 11) is 0. The Bertz CT molecular complexity index is 315. The van der Waals surface area contributed by atoms with Crippen LogP contribution in [-0.4, -0.2) is 31.1 Å². The Morgan fingerprint density at radius 2 is 1.94 bits per heavy atom. The van der Waals surface area contributed by atoms with Crippen molar-refractivity contribution in [3.8, 4) is 0 Å². The van der Waals surface area contributed by atoms with Crippen molar-refractivity contribution in [1.82, 2.24) is 10.2 Å². The summed E-state index contributed by atoms with van der Waals surface area (Å²) in [5, 5.41) is 3.49. The third kappa shape index (κ3) is 5.66. The summed E-state index contributed by atoms with van der Waals surface area (Å²) in [6.45, 7) is 9.92. The van der Waals surface area contributed by atoms with Crippen LogP contribution in [0, 0.1) is 0 Å².